The number of nitrogens with one attached hydrogen (secondary N) is 1. The van der Waals surface area contributed by atoms with Crippen molar-refractivity contribution in [3.8, 4) is 0 Å². The Labute approximate surface area is 106 Å². The maximum Gasteiger partial charge on any atom is 0.305 e. The van der Waals surface area contributed by atoms with Gasteiger partial charge in [0.15, 0.2) is 0 Å². The zero-order valence-corrected chi connectivity index (χ0v) is 11.2. The maximum atomic E-state index is 11.6. The molecule has 1 aromatic heterocycles. The predicted octanol–water partition coefficient (Wildman–Crippen LogP) is -0.207. The number of aromatic nitrogens is 2. The Bertz CT molecular complexity index is 495. The van der Waals surface area contributed by atoms with Crippen molar-refractivity contribution in [2.45, 2.75) is 19.4 Å². The van der Waals surface area contributed by atoms with Crippen LogP contribution >= 0.6 is 0 Å². The van der Waals surface area contributed by atoms with Crippen LogP contribution in [0.1, 0.15) is 18.7 Å². The monoisotopic (exact) mass is 275 g/mol. The van der Waals surface area contributed by atoms with E-state index in [1.54, 1.807) is 24.0 Å². The molecule has 0 unspecified atom stereocenters. The molecule has 0 saturated heterocycles. The molecule has 102 valence electrons. The minimum atomic E-state index is -3.39. The van der Waals surface area contributed by atoms with Crippen molar-refractivity contribution in [2.75, 3.05) is 12.9 Å². The number of aryl methyl sites for hydroxylation is 1. The van der Waals surface area contributed by atoms with Gasteiger partial charge in [-0.25, -0.2) is 18.1 Å². The first kappa shape index (κ1) is 14.7. The molecular weight excluding hydrogens is 258 g/mol. The van der Waals surface area contributed by atoms with Crippen LogP contribution in [0.2, 0.25) is 0 Å². The molecule has 0 aliphatic carbocycles. The Morgan fingerprint density at radius 2 is 2.28 bits per heavy atom. The third kappa shape index (κ3) is 4.84. The third-order valence-corrected chi connectivity index (χ3v) is 3.80. The van der Waals surface area contributed by atoms with E-state index < -0.39 is 16.0 Å². The van der Waals surface area contributed by atoms with Gasteiger partial charge in [-0.05, 0) is 6.42 Å². The number of carbonyl (C=O) groups is 1. The maximum absolute atomic E-state index is 11.6. The van der Waals surface area contributed by atoms with Gasteiger partial charge in [0.1, 0.15) is 5.82 Å². The number of sulfonamides is 1. The zero-order chi connectivity index (χ0) is 13.6. The Morgan fingerprint density at radius 3 is 2.83 bits per heavy atom. The Morgan fingerprint density at radius 1 is 1.56 bits per heavy atom. The summed E-state index contributed by atoms with van der Waals surface area (Å²) in [5.74, 6) is 0.118. The zero-order valence-electron chi connectivity index (χ0n) is 10.4. The van der Waals surface area contributed by atoms with Gasteiger partial charge in [-0.1, -0.05) is 0 Å². The van der Waals surface area contributed by atoms with E-state index in [0.29, 0.717) is 5.82 Å². The number of hydrogen-bond acceptors (Lipinski definition) is 5. The lowest BCUT2D eigenvalue weighted by Crippen LogP contribution is -2.27. The lowest BCUT2D eigenvalue weighted by atomic mass is 10.3. The van der Waals surface area contributed by atoms with Crippen LogP contribution in [0, 0.1) is 0 Å². The standard InChI is InChI=1S/C10H17N3O4S/c1-13-6-5-11-9(13)8-12-18(15,16)7-3-4-10(14)17-2/h5-6,12H,3-4,7-8H2,1-2H3. The number of hydrogen-bond donors (Lipinski definition) is 1. The molecule has 1 rings (SSSR count). The number of carbonyl (C=O) groups excluding carboxylic acids is 1. The molecule has 1 heterocycles. The molecule has 1 aromatic rings. The molecule has 0 amide bonds. The van der Waals surface area contributed by atoms with Crippen LogP contribution < -0.4 is 4.72 Å². The fraction of sp³-hybridized carbons (Fsp3) is 0.600. The second-order valence-electron chi connectivity index (χ2n) is 3.77. The molecule has 0 radical (unpaired) electrons. The highest BCUT2D eigenvalue weighted by Gasteiger charge is 2.12. The molecule has 0 aliphatic rings. The molecule has 1 N–H and O–H groups in total. The number of imidazole rings is 1. The molecule has 7 nitrogen and oxygen atoms in total. The third-order valence-electron chi connectivity index (χ3n) is 2.39. The van der Waals surface area contributed by atoms with E-state index in [4.69, 9.17) is 0 Å². The van der Waals surface area contributed by atoms with Gasteiger partial charge < -0.3 is 9.30 Å². The van der Waals surface area contributed by atoms with Crippen LogP contribution in [0.15, 0.2) is 12.4 Å². The van der Waals surface area contributed by atoms with Gasteiger partial charge in [0, 0.05) is 25.9 Å². The molecule has 8 heteroatoms. The summed E-state index contributed by atoms with van der Waals surface area (Å²) >= 11 is 0. The average Bonchev–Trinajstić information content (AvgIpc) is 2.72. The normalized spacial score (nSPS) is 11.4. The summed E-state index contributed by atoms with van der Waals surface area (Å²) in [5.41, 5.74) is 0. The number of esters is 1. The van der Waals surface area contributed by atoms with Crippen molar-refractivity contribution in [3.05, 3.63) is 18.2 Å². The summed E-state index contributed by atoms with van der Waals surface area (Å²) in [4.78, 5) is 14.8. The van der Waals surface area contributed by atoms with Crippen LogP contribution in [-0.4, -0.2) is 36.8 Å². The van der Waals surface area contributed by atoms with Gasteiger partial charge in [0.05, 0.1) is 19.4 Å². The number of nitrogens with zero attached hydrogens (tertiary/aromatic N) is 2. The highest BCUT2D eigenvalue weighted by atomic mass is 32.2. The van der Waals surface area contributed by atoms with Crippen LogP contribution in [-0.2, 0) is 33.1 Å². The summed E-state index contributed by atoms with van der Waals surface area (Å²) in [5, 5.41) is 0. The molecule has 0 saturated carbocycles. The van der Waals surface area contributed by atoms with Gasteiger partial charge in [0.2, 0.25) is 10.0 Å². The van der Waals surface area contributed by atoms with Crippen molar-refractivity contribution in [1.82, 2.24) is 14.3 Å². The summed E-state index contributed by atoms with van der Waals surface area (Å²) in [6.45, 7) is 0.143. The van der Waals surface area contributed by atoms with Crippen molar-refractivity contribution in [1.29, 1.82) is 0 Å². The van der Waals surface area contributed by atoms with E-state index in [-0.39, 0.29) is 25.1 Å². The minimum absolute atomic E-state index is 0.0970. The first-order valence-electron chi connectivity index (χ1n) is 5.45. The molecule has 18 heavy (non-hydrogen) atoms. The highest BCUT2D eigenvalue weighted by Crippen LogP contribution is 1.99. The summed E-state index contributed by atoms with van der Waals surface area (Å²) in [6, 6.07) is 0. The van der Waals surface area contributed by atoms with Crippen LogP contribution in [0.4, 0.5) is 0 Å². The van der Waals surface area contributed by atoms with Crippen molar-refractivity contribution in [2.24, 2.45) is 7.05 Å². The van der Waals surface area contributed by atoms with Crippen LogP contribution in [0.5, 0.6) is 0 Å². The first-order chi connectivity index (χ1) is 8.44. The molecule has 0 aliphatic heterocycles. The van der Waals surface area contributed by atoms with Crippen molar-refractivity contribution >= 4 is 16.0 Å². The van der Waals surface area contributed by atoms with E-state index in [0.717, 1.165) is 0 Å². The van der Waals surface area contributed by atoms with Gasteiger partial charge in [-0.15, -0.1) is 0 Å². The number of methoxy groups -OCH3 is 1. The van der Waals surface area contributed by atoms with Crippen molar-refractivity contribution in [3.63, 3.8) is 0 Å². The van der Waals surface area contributed by atoms with Crippen LogP contribution in [0.25, 0.3) is 0 Å². The smallest absolute Gasteiger partial charge is 0.305 e. The average molecular weight is 275 g/mol. The second-order valence-corrected chi connectivity index (χ2v) is 5.70. The minimum Gasteiger partial charge on any atom is -0.469 e. The lowest BCUT2D eigenvalue weighted by Gasteiger charge is -2.06. The van der Waals surface area contributed by atoms with Gasteiger partial charge in [-0.3, -0.25) is 4.79 Å². The summed E-state index contributed by atoms with van der Waals surface area (Å²) < 4.78 is 31.8. The summed E-state index contributed by atoms with van der Waals surface area (Å²) in [7, 11) is -0.330. The number of ether oxygens (including phenoxy) is 1. The van der Waals surface area contributed by atoms with Crippen LogP contribution in [0.3, 0.4) is 0 Å². The van der Waals surface area contributed by atoms with Crippen molar-refractivity contribution < 1.29 is 17.9 Å². The summed E-state index contributed by atoms with van der Waals surface area (Å²) in [6.07, 6.45) is 3.67. The van der Waals surface area contributed by atoms with E-state index in [2.05, 4.69) is 14.4 Å². The number of rotatable bonds is 7. The molecule has 0 atom stereocenters. The topological polar surface area (TPSA) is 90.3 Å². The first-order valence-corrected chi connectivity index (χ1v) is 7.10. The SMILES string of the molecule is COC(=O)CCCS(=O)(=O)NCc1nccn1C. The van der Waals surface area contributed by atoms with E-state index in [1.807, 2.05) is 0 Å². The van der Waals surface area contributed by atoms with Gasteiger partial charge >= 0.3 is 5.97 Å². The molecule has 0 fully saturated rings. The largest absolute Gasteiger partial charge is 0.469 e. The van der Waals surface area contributed by atoms with E-state index >= 15 is 0 Å². The molecule has 0 aromatic carbocycles. The lowest BCUT2D eigenvalue weighted by molar-refractivity contribution is -0.140. The Balaban J connectivity index is 2.36. The quantitative estimate of drug-likeness (QED) is 0.696. The second kappa shape index (κ2) is 6.50. The fourth-order valence-corrected chi connectivity index (χ4v) is 2.34. The highest BCUT2D eigenvalue weighted by molar-refractivity contribution is 7.89. The Hall–Kier alpha value is -1.41. The molecule has 0 spiro atoms. The predicted molar refractivity (Wildman–Crippen MR) is 65.1 cm³/mol. The van der Waals surface area contributed by atoms with Gasteiger partial charge in [-0.2, -0.15) is 0 Å². The fourth-order valence-electron chi connectivity index (χ4n) is 1.32. The van der Waals surface area contributed by atoms with Gasteiger partial charge in [0.25, 0.3) is 0 Å². The Kier molecular flexibility index (Phi) is 5.29. The van der Waals surface area contributed by atoms with E-state index in [1.165, 1.54) is 7.11 Å². The van der Waals surface area contributed by atoms with E-state index in [9.17, 15) is 13.2 Å². The molecular formula is C10H17N3O4S. The molecule has 0 bridgehead atoms.